The van der Waals surface area contributed by atoms with Crippen LogP contribution in [0.3, 0.4) is 0 Å². The summed E-state index contributed by atoms with van der Waals surface area (Å²) in [6.45, 7) is 5.35. The summed E-state index contributed by atoms with van der Waals surface area (Å²) in [7, 11) is 0. The second kappa shape index (κ2) is 7.09. The Hall–Kier alpha value is -2.07. The molecule has 2 N–H and O–H groups in total. The number of rotatable bonds is 7. The lowest BCUT2D eigenvalue weighted by molar-refractivity contribution is -0.145. The Bertz CT molecular complexity index is 624. The zero-order valence-corrected chi connectivity index (χ0v) is 12.4. The molecule has 4 nitrogen and oxygen atoms in total. The average molecular weight is 287 g/mol. The number of fused-ring (bicyclic) bond motifs is 1. The van der Waals surface area contributed by atoms with Gasteiger partial charge in [-0.2, -0.15) is 0 Å². The summed E-state index contributed by atoms with van der Waals surface area (Å²) in [5, 5.41) is 14.7. The molecular weight excluding hydrogens is 266 g/mol. The van der Waals surface area contributed by atoms with Gasteiger partial charge in [0.2, 0.25) is 0 Å². The van der Waals surface area contributed by atoms with Gasteiger partial charge in [-0.25, -0.2) is 4.79 Å². The van der Waals surface area contributed by atoms with Crippen molar-refractivity contribution in [3.05, 3.63) is 42.0 Å². The summed E-state index contributed by atoms with van der Waals surface area (Å²) in [6, 6.07) is 11.9. The quantitative estimate of drug-likeness (QED) is 0.821. The van der Waals surface area contributed by atoms with Crippen LogP contribution in [0.1, 0.15) is 25.8 Å². The van der Waals surface area contributed by atoms with Crippen molar-refractivity contribution in [1.29, 1.82) is 0 Å². The number of carboxylic acid groups (broad SMARTS) is 1. The fourth-order valence-corrected chi connectivity index (χ4v) is 2.32. The monoisotopic (exact) mass is 287 g/mol. The molecule has 21 heavy (non-hydrogen) atoms. The van der Waals surface area contributed by atoms with Crippen LogP contribution in [0.15, 0.2) is 36.4 Å². The van der Waals surface area contributed by atoms with Crippen LogP contribution in [0.4, 0.5) is 0 Å². The molecule has 2 aromatic rings. The number of hydrogen-bond donors (Lipinski definition) is 2. The summed E-state index contributed by atoms with van der Waals surface area (Å²) in [4.78, 5) is 11.2. The summed E-state index contributed by atoms with van der Waals surface area (Å²) in [5.74, 6) is -0.288. The van der Waals surface area contributed by atoms with Crippen molar-refractivity contribution in [2.45, 2.75) is 32.9 Å². The van der Waals surface area contributed by atoms with E-state index in [0.29, 0.717) is 18.7 Å². The molecule has 0 spiro atoms. The van der Waals surface area contributed by atoms with Crippen LogP contribution < -0.4 is 10.1 Å². The van der Waals surface area contributed by atoms with Gasteiger partial charge in [-0.1, -0.05) is 44.2 Å². The van der Waals surface area contributed by atoms with Gasteiger partial charge in [0.1, 0.15) is 5.75 Å². The Labute approximate surface area is 124 Å². The zero-order chi connectivity index (χ0) is 15.2. The summed E-state index contributed by atoms with van der Waals surface area (Å²) < 4.78 is 5.72. The summed E-state index contributed by atoms with van der Waals surface area (Å²) in [5.41, 5.74) is 1.01. The first kappa shape index (κ1) is 15.3. The highest BCUT2D eigenvalue weighted by Crippen LogP contribution is 2.29. The molecule has 0 saturated heterocycles. The largest absolute Gasteiger partial charge is 0.479 e. The second-order valence-electron chi connectivity index (χ2n) is 4.90. The predicted octanol–water partition coefficient (Wildman–Crippen LogP) is 3.19. The lowest BCUT2D eigenvalue weighted by Crippen LogP contribution is -2.26. The molecule has 0 aromatic heterocycles. The molecule has 0 amide bonds. The normalized spacial score (nSPS) is 12.3. The van der Waals surface area contributed by atoms with Crippen molar-refractivity contribution in [2.24, 2.45) is 0 Å². The minimum absolute atomic E-state index is 0.433. The Morgan fingerprint density at radius 3 is 2.67 bits per heavy atom. The highest BCUT2D eigenvalue weighted by Gasteiger charge is 2.19. The van der Waals surface area contributed by atoms with E-state index in [0.717, 1.165) is 22.9 Å². The Morgan fingerprint density at radius 2 is 2.00 bits per heavy atom. The predicted molar refractivity (Wildman–Crippen MR) is 83.7 cm³/mol. The average Bonchev–Trinajstić information content (AvgIpc) is 2.50. The van der Waals surface area contributed by atoms with E-state index in [-0.39, 0.29) is 0 Å². The maximum absolute atomic E-state index is 11.2. The lowest BCUT2D eigenvalue weighted by atomic mass is 10.0. The van der Waals surface area contributed by atoms with Crippen LogP contribution in [0.5, 0.6) is 5.75 Å². The second-order valence-corrected chi connectivity index (χ2v) is 4.90. The van der Waals surface area contributed by atoms with Gasteiger partial charge in [0, 0.05) is 12.1 Å². The zero-order valence-electron chi connectivity index (χ0n) is 12.4. The summed E-state index contributed by atoms with van der Waals surface area (Å²) >= 11 is 0. The van der Waals surface area contributed by atoms with Crippen LogP contribution in [-0.2, 0) is 11.3 Å². The number of hydrogen-bond acceptors (Lipinski definition) is 3. The van der Waals surface area contributed by atoms with Crippen LogP contribution in [0, 0.1) is 0 Å². The van der Waals surface area contributed by atoms with E-state index in [4.69, 9.17) is 4.74 Å². The molecule has 0 radical (unpaired) electrons. The molecule has 0 fully saturated rings. The van der Waals surface area contributed by atoms with Gasteiger partial charge in [-0.3, -0.25) is 0 Å². The van der Waals surface area contributed by atoms with Gasteiger partial charge < -0.3 is 15.2 Å². The number of carbonyl (C=O) groups is 1. The fraction of sp³-hybridized carbons (Fsp3) is 0.353. The van der Waals surface area contributed by atoms with E-state index in [1.807, 2.05) is 50.2 Å². The van der Waals surface area contributed by atoms with Crippen molar-refractivity contribution < 1.29 is 14.6 Å². The highest BCUT2D eigenvalue weighted by atomic mass is 16.5. The maximum atomic E-state index is 11.2. The smallest absolute Gasteiger partial charge is 0.344 e. The molecule has 0 aliphatic carbocycles. The first-order valence-electron chi connectivity index (χ1n) is 7.28. The molecule has 1 unspecified atom stereocenters. The van der Waals surface area contributed by atoms with Crippen LogP contribution in [0.2, 0.25) is 0 Å². The lowest BCUT2D eigenvalue weighted by Gasteiger charge is -2.18. The Morgan fingerprint density at radius 1 is 1.24 bits per heavy atom. The van der Waals surface area contributed by atoms with E-state index in [2.05, 4.69) is 5.32 Å². The summed E-state index contributed by atoms with van der Waals surface area (Å²) in [6.07, 6.45) is -0.380. The maximum Gasteiger partial charge on any atom is 0.344 e. The van der Waals surface area contributed by atoms with Crippen molar-refractivity contribution in [3.63, 3.8) is 0 Å². The van der Waals surface area contributed by atoms with E-state index in [1.165, 1.54) is 0 Å². The third-order valence-electron chi connectivity index (χ3n) is 3.46. The van der Waals surface area contributed by atoms with Crippen molar-refractivity contribution in [1.82, 2.24) is 5.32 Å². The molecular formula is C17H21NO3. The van der Waals surface area contributed by atoms with Gasteiger partial charge in [-0.05, 0) is 29.8 Å². The third-order valence-corrected chi connectivity index (χ3v) is 3.46. The Kier molecular flexibility index (Phi) is 5.17. The molecule has 0 bridgehead atoms. The SMILES string of the molecule is CCNCc1c(OC(CC)C(=O)O)ccc2ccccc12. The van der Waals surface area contributed by atoms with Crippen LogP contribution in [0.25, 0.3) is 10.8 Å². The van der Waals surface area contributed by atoms with E-state index < -0.39 is 12.1 Å². The number of ether oxygens (including phenoxy) is 1. The van der Waals surface area contributed by atoms with E-state index in [9.17, 15) is 9.90 Å². The molecule has 1 atom stereocenters. The van der Waals surface area contributed by atoms with E-state index >= 15 is 0 Å². The van der Waals surface area contributed by atoms with Crippen LogP contribution in [-0.4, -0.2) is 23.7 Å². The molecule has 2 aromatic carbocycles. The molecule has 2 rings (SSSR count). The molecule has 0 aliphatic rings. The molecule has 0 saturated carbocycles. The number of benzene rings is 2. The van der Waals surface area contributed by atoms with E-state index in [1.54, 1.807) is 0 Å². The standard InChI is InChI=1S/C17H21NO3/c1-3-15(17(19)20)21-16-10-9-12-7-5-6-8-13(12)14(16)11-18-4-2/h5-10,15,18H,3-4,11H2,1-2H3,(H,19,20). The van der Waals surface area contributed by atoms with Gasteiger partial charge in [-0.15, -0.1) is 0 Å². The Balaban J connectivity index is 2.43. The minimum atomic E-state index is -0.931. The molecule has 0 heterocycles. The third kappa shape index (κ3) is 3.52. The van der Waals surface area contributed by atoms with Crippen LogP contribution >= 0.6 is 0 Å². The minimum Gasteiger partial charge on any atom is -0.479 e. The van der Waals surface area contributed by atoms with Crippen molar-refractivity contribution >= 4 is 16.7 Å². The number of carboxylic acids is 1. The van der Waals surface area contributed by atoms with Crippen molar-refractivity contribution in [2.75, 3.05) is 6.54 Å². The fourth-order valence-electron chi connectivity index (χ4n) is 2.32. The number of nitrogens with one attached hydrogen (secondary N) is 1. The van der Waals surface area contributed by atoms with Gasteiger partial charge in [0.05, 0.1) is 0 Å². The topological polar surface area (TPSA) is 58.6 Å². The van der Waals surface area contributed by atoms with Gasteiger partial charge >= 0.3 is 5.97 Å². The molecule has 112 valence electrons. The first-order chi connectivity index (χ1) is 10.2. The van der Waals surface area contributed by atoms with Gasteiger partial charge in [0.15, 0.2) is 6.10 Å². The molecule has 4 heteroatoms. The van der Waals surface area contributed by atoms with Gasteiger partial charge in [0.25, 0.3) is 0 Å². The molecule has 0 aliphatic heterocycles. The number of aliphatic carboxylic acids is 1. The van der Waals surface area contributed by atoms with Crippen molar-refractivity contribution in [3.8, 4) is 5.75 Å². The first-order valence-corrected chi connectivity index (χ1v) is 7.28. The highest BCUT2D eigenvalue weighted by molar-refractivity contribution is 5.88.